The maximum Gasteiger partial charge on any atom is 0.349 e. The van der Waals surface area contributed by atoms with Crippen LogP contribution in [0.3, 0.4) is 0 Å². The minimum atomic E-state index is -1.04. The van der Waals surface area contributed by atoms with Crippen LogP contribution in [-0.4, -0.2) is 47.3 Å². The van der Waals surface area contributed by atoms with Gasteiger partial charge in [0, 0.05) is 18.8 Å². The summed E-state index contributed by atoms with van der Waals surface area (Å²) in [5.41, 5.74) is 1.50. The van der Waals surface area contributed by atoms with Gasteiger partial charge in [-0.3, -0.25) is 0 Å². The largest absolute Gasteiger partial charge is 0.492 e. The van der Waals surface area contributed by atoms with E-state index in [0.29, 0.717) is 47.4 Å². The Hall–Kier alpha value is -3.46. The number of carbonyl (C=O) groups excluding carboxylic acids is 1. The Kier molecular flexibility index (Phi) is 6.97. The molecule has 0 unspecified atom stereocenters. The van der Waals surface area contributed by atoms with Gasteiger partial charge in [-0.1, -0.05) is 12.1 Å². The van der Waals surface area contributed by atoms with Gasteiger partial charge in [-0.2, -0.15) is 0 Å². The van der Waals surface area contributed by atoms with Crippen LogP contribution in [0.5, 0.6) is 5.75 Å². The number of nitrogens with one attached hydrogen (secondary N) is 1. The summed E-state index contributed by atoms with van der Waals surface area (Å²) in [6.45, 7) is 2.76. The van der Waals surface area contributed by atoms with E-state index in [1.807, 2.05) is 12.1 Å². The number of rotatable bonds is 9. The van der Waals surface area contributed by atoms with Crippen molar-refractivity contribution in [2.24, 2.45) is 0 Å². The Labute approximate surface area is 177 Å². The van der Waals surface area contributed by atoms with E-state index >= 15 is 0 Å². The fourth-order valence-corrected chi connectivity index (χ4v) is 3.66. The molecule has 0 aliphatic carbocycles. The first-order valence-electron chi connectivity index (χ1n) is 9.26. The van der Waals surface area contributed by atoms with E-state index in [-0.39, 0.29) is 10.8 Å². The summed E-state index contributed by atoms with van der Waals surface area (Å²) in [6.07, 6.45) is 2.30. The minimum Gasteiger partial charge on any atom is -0.492 e. The number of methoxy groups -OCH3 is 1. The summed E-state index contributed by atoms with van der Waals surface area (Å²) in [6, 6.07) is 10.7. The maximum atomic E-state index is 11.6. The molecular formula is C21H21N3O5S. The van der Waals surface area contributed by atoms with Gasteiger partial charge in [-0.15, -0.1) is 11.3 Å². The number of carbonyl (C=O) groups is 2. The highest BCUT2D eigenvalue weighted by Crippen LogP contribution is 2.35. The molecule has 2 heterocycles. The van der Waals surface area contributed by atoms with Crippen LogP contribution in [0.4, 0.5) is 5.82 Å². The average molecular weight is 427 g/mol. The van der Waals surface area contributed by atoms with Crippen molar-refractivity contribution in [2.75, 3.05) is 25.6 Å². The van der Waals surface area contributed by atoms with E-state index in [2.05, 4.69) is 15.3 Å². The summed E-state index contributed by atoms with van der Waals surface area (Å²) in [4.78, 5) is 32.5. The van der Waals surface area contributed by atoms with Gasteiger partial charge in [0.05, 0.1) is 24.2 Å². The third kappa shape index (κ3) is 5.12. The third-order valence-electron chi connectivity index (χ3n) is 4.14. The fraction of sp³-hybridized carbons (Fsp3) is 0.238. The molecule has 156 valence electrons. The Morgan fingerprint density at radius 1 is 1.23 bits per heavy atom. The van der Waals surface area contributed by atoms with E-state index < -0.39 is 5.97 Å². The Morgan fingerprint density at radius 2 is 2.07 bits per heavy atom. The molecule has 0 aliphatic heterocycles. The maximum absolute atomic E-state index is 11.6. The molecule has 0 spiro atoms. The van der Waals surface area contributed by atoms with Gasteiger partial charge in [-0.05, 0) is 37.1 Å². The van der Waals surface area contributed by atoms with Crippen LogP contribution in [-0.2, 0) is 11.2 Å². The van der Waals surface area contributed by atoms with Gasteiger partial charge in [0.2, 0.25) is 0 Å². The molecule has 0 bridgehead atoms. The average Bonchev–Trinajstić information content (AvgIpc) is 3.18. The molecule has 0 aliphatic rings. The first-order valence-corrected chi connectivity index (χ1v) is 10.1. The molecule has 1 aromatic carbocycles. The molecule has 0 amide bonds. The number of benzene rings is 1. The molecule has 30 heavy (non-hydrogen) atoms. The Bertz CT molecular complexity index is 1050. The van der Waals surface area contributed by atoms with Gasteiger partial charge >= 0.3 is 11.9 Å². The smallest absolute Gasteiger partial charge is 0.349 e. The van der Waals surface area contributed by atoms with Gasteiger partial charge < -0.3 is 19.9 Å². The van der Waals surface area contributed by atoms with Crippen LogP contribution in [0, 0.1) is 0 Å². The molecule has 8 nitrogen and oxygen atoms in total. The highest BCUT2D eigenvalue weighted by molar-refractivity contribution is 7.17. The molecule has 0 radical (unpaired) electrons. The monoisotopic (exact) mass is 427 g/mol. The van der Waals surface area contributed by atoms with Crippen molar-refractivity contribution in [2.45, 2.75) is 13.3 Å². The second kappa shape index (κ2) is 9.84. The highest BCUT2D eigenvalue weighted by atomic mass is 32.1. The lowest BCUT2D eigenvalue weighted by Gasteiger charge is -2.07. The van der Waals surface area contributed by atoms with Crippen LogP contribution in [0.2, 0.25) is 0 Å². The topological polar surface area (TPSA) is 111 Å². The first kappa shape index (κ1) is 21.3. The van der Waals surface area contributed by atoms with E-state index in [1.54, 1.807) is 37.4 Å². The number of aromatic carboxylic acids is 1. The highest BCUT2D eigenvalue weighted by Gasteiger charge is 2.19. The van der Waals surface area contributed by atoms with Gasteiger partial charge in [0.1, 0.15) is 11.6 Å². The van der Waals surface area contributed by atoms with Crippen LogP contribution in [0.1, 0.15) is 32.5 Å². The van der Waals surface area contributed by atoms with Gasteiger partial charge in [0.25, 0.3) is 0 Å². The van der Waals surface area contributed by atoms with Crippen molar-refractivity contribution in [3.63, 3.8) is 0 Å². The number of aromatic nitrogens is 2. The molecular weight excluding hydrogens is 406 g/mol. The summed E-state index contributed by atoms with van der Waals surface area (Å²) >= 11 is 1.08. The predicted molar refractivity (Wildman–Crippen MR) is 113 cm³/mol. The standard InChI is InChI=1S/C21H21N3O5S/c1-3-29-15-12-16(30-18(15)20(25)26)19-23-10-8-17(24-19)22-9-7-13-5-4-6-14(11-13)21(27)28-2/h4-6,8,10-12H,3,7,9H2,1-2H3,(H,25,26)(H,22,23,24). The molecule has 2 N–H and O–H groups in total. The second-order valence-corrected chi connectivity index (χ2v) is 7.23. The fourth-order valence-electron chi connectivity index (χ4n) is 2.78. The van der Waals surface area contributed by atoms with Crippen LogP contribution in [0.25, 0.3) is 10.7 Å². The number of anilines is 1. The molecule has 0 fully saturated rings. The number of ether oxygens (including phenoxy) is 2. The van der Waals surface area contributed by atoms with E-state index in [0.717, 1.165) is 16.9 Å². The van der Waals surface area contributed by atoms with Crippen molar-refractivity contribution < 1.29 is 24.2 Å². The molecule has 9 heteroatoms. The lowest BCUT2D eigenvalue weighted by atomic mass is 10.1. The zero-order valence-electron chi connectivity index (χ0n) is 16.5. The van der Waals surface area contributed by atoms with Crippen LogP contribution < -0.4 is 10.1 Å². The van der Waals surface area contributed by atoms with Crippen molar-refractivity contribution in [3.8, 4) is 16.5 Å². The van der Waals surface area contributed by atoms with E-state index in [4.69, 9.17) is 9.47 Å². The number of hydrogen-bond acceptors (Lipinski definition) is 8. The van der Waals surface area contributed by atoms with Crippen molar-refractivity contribution in [3.05, 3.63) is 58.6 Å². The molecule has 0 saturated heterocycles. The number of thiophene rings is 1. The normalized spacial score (nSPS) is 10.5. The Morgan fingerprint density at radius 3 is 2.80 bits per heavy atom. The number of carboxylic acids is 1. The zero-order valence-corrected chi connectivity index (χ0v) is 17.4. The summed E-state index contributed by atoms with van der Waals surface area (Å²) in [5, 5.41) is 12.6. The number of carboxylic acid groups (broad SMARTS) is 1. The third-order valence-corrected chi connectivity index (χ3v) is 5.24. The zero-order chi connectivity index (χ0) is 21.5. The molecule has 0 saturated carbocycles. The Balaban J connectivity index is 1.69. The lowest BCUT2D eigenvalue weighted by Crippen LogP contribution is -2.08. The molecule has 0 atom stereocenters. The predicted octanol–water partition coefficient (Wildman–Crippen LogP) is 3.74. The van der Waals surface area contributed by atoms with Crippen molar-refractivity contribution >= 4 is 29.1 Å². The van der Waals surface area contributed by atoms with Crippen molar-refractivity contribution in [1.82, 2.24) is 9.97 Å². The summed E-state index contributed by atoms with van der Waals surface area (Å²) in [5.74, 6) is -0.0533. The number of nitrogens with zero attached hydrogens (tertiary/aromatic N) is 2. The van der Waals surface area contributed by atoms with E-state index in [1.165, 1.54) is 7.11 Å². The van der Waals surface area contributed by atoms with Gasteiger partial charge in [0.15, 0.2) is 10.7 Å². The van der Waals surface area contributed by atoms with E-state index in [9.17, 15) is 14.7 Å². The summed E-state index contributed by atoms with van der Waals surface area (Å²) < 4.78 is 10.1. The first-order chi connectivity index (χ1) is 14.5. The lowest BCUT2D eigenvalue weighted by molar-refractivity contribution is 0.0599. The molecule has 3 rings (SSSR count). The van der Waals surface area contributed by atoms with Gasteiger partial charge in [-0.25, -0.2) is 19.6 Å². The number of esters is 1. The quantitative estimate of drug-likeness (QED) is 0.497. The minimum absolute atomic E-state index is 0.124. The molecule has 3 aromatic rings. The molecule has 2 aromatic heterocycles. The summed E-state index contributed by atoms with van der Waals surface area (Å²) in [7, 11) is 1.35. The van der Waals surface area contributed by atoms with Crippen molar-refractivity contribution in [1.29, 1.82) is 0 Å². The number of hydrogen-bond donors (Lipinski definition) is 2. The SMILES string of the molecule is CCOc1cc(-c2nccc(NCCc3cccc(C(=O)OC)c3)n2)sc1C(=O)O. The van der Waals surface area contributed by atoms with Crippen LogP contribution >= 0.6 is 11.3 Å². The van der Waals surface area contributed by atoms with Crippen LogP contribution in [0.15, 0.2) is 42.6 Å². The second-order valence-electron chi connectivity index (χ2n) is 6.18.